The minimum Gasteiger partial charge on any atom is -0.335 e. The van der Waals surface area contributed by atoms with Crippen LogP contribution in [0.1, 0.15) is 41.9 Å². The highest BCUT2D eigenvalue weighted by Crippen LogP contribution is 2.41. The standard InChI is InChI=1S/C20H18F6N2O/c21-19(22,23)12-8-10-13(11-9-12)27-18(29)28-17-7-3-5-15(17)14-4-1-2-6-16(14)20(24,25)26/h1-2,4,6,8-11,15,17H,3,5,7H2,(H2,27,28,29). The van der Waals surface area contributed by atoms with Crippen LogP contribution in [0.2, 0.25) is 0 Å². The van der Waals surface area contributed by atoms with Gasteiger partial charge in [0.1, 0.15) is 0 Å². The lowest BCUT2D eigenvalue weighted by molar-refractivity contribution is -0.138. The predicted molar refractivity (Wildman–Crippen MR) is 95.4 cm³/mol. The van der Waals surface area contributed by atoms with Crippen LogP contribution in [0, 0.1) is 0 Å². The van der Waals surface area contributed by atoms with Crippen LogP contribution in [0.4, 0.5) is 36.8 Å². The lowest BCUT2D eigenvalue weighted by atomic mass is 9.90. The molecule has 1 aliphatic rings. The molecule has 0 aromatic heterocycles. The van der Waals surface area contributed by atoms with Gasteiger partial charge in [0.2, 0.25) is 0 Å². The van der Waals surface area contributed by atoms with Gasteiger partial charge in [-0.05, 0) is 48.7 Å². The SMILES string of the molecule is O=C(Nc1ccc(C(F)(F)F)cc1)NC1CCCC1c1ccccc1C(F)(F)F. The molecule has 3 rings (SSSR count). The summed E-state index contributed by atoms with van der Waals surface area (Å²) in [5.41, 5.74) is -1.28. The Morgan fingerprint density at radius 2 is 1.52 bits per heavy atom. The van der Waals surface area contributed by atoms with Crippen molar-refractivity contribution in [3.8, 4) is 0 Å². The summed E-state index contributed by atoms with van der Waals surface area (Å²) in [4.78, 5) is 12.2. The molecule has 0 saturated heterocycles. The molecule has 0 aliphatic heterocycles. The van der Waals surface area contributed by atoms with Crippen molar-refractivity contribution >= 4 is 11.7 Å². The van der Waals surface area contributed by atoms with Gasteiger partial charge in [-0.3, -0.25) is 0 Å². The zero-order valence-corrected chi connectivity index (χ0v) is 15.1. The molecule has 0 spiro atoms. The molecule has 2 unspecified atom stereocenters. The van der Waals surface area contributed by atoms with Crippen molar-refractivity contribution in [2.45, 2.75) is 43.6 Å². The summed E-state index contributed by atoms with van der Waals surface area (Å²) in [5, 5.41) is 5.08. The molecule has 1 fully saturated rings. The Morgan fingerprint density at radius 3 is 2.14 bits per heavy atom. The predicted octanol–water partition coefficient (Wildman–Crippen LogP) is 6.18. The number of halogens is 6. The fourth-order valence-electron chi connectivity index (χ4n) is 3.66. The van der Waals surface area contributed by atoms with Crippen molar-refractivity contribution in [2.75, 3.05) is 5.32 Å². The monoisotopic (exact) mass is 416 g/mol. The first kappa shape index (κ1) is 21.0. The number of anilines is 1. The first-order valence-corrected chi connectivity index (χ1v) is 8.96. The highest BCUT2D eigenvalue weighted by molar-refractivity contribution is 5.89. The van der Waals surface area contributed by atoms with Crippen LogP contribution >= 0.6 is 0 Å². The van der Waals surface area contributed by atoms with Gasteiger partial charge in [-0.25, -0.2) is 4.79 Å². The van der Waals surface area contributed by atoms with E-state index in [4.69, 9.17) is 0 Å². The number of carbonyl (C=O) groups excluding carboxylic acids is 1. The van der Waals surface area contributed by atoms with Crippen LogP contribution < -0.4 is 10.6 Å². The van der Waals surface area contributed by atoms with Crippen molar-refractivity contribution in [3.63, 3.8) is 0 Å². The molecule has 9 heteroatoms. The summed E-state index contributed by atoms with van der Waals surface area (Å²) in [6.07, 6.45) is -7.31. The van der Waals surface area contributed by atoms with E-state index in [0.29, 0.717) is 19.3 Å². The van der Waals surface area contributed by atoms with Gasteiger partial charge in [0.05, 0.1) is 11.1 Å². The van der Waals surface area contributed by atoms with E-state index in [-0.39, 0.29) is 11.3 Å². The Hall–Kier alpha value is -2.71. The first-order valence-electron chi connectivity index (χ1n) is 8.96. The van der Waals surface area contributed by atoms with Crippen LogP contribution in [0.5, 0.6) is 0 Å². The molecule has 1 saturated carbocycles. The Kier molecular flexibility index (Phi) is 5.77. The molecule has 2 aromatic carbocycles. The van der Waals surface area contributed by atoms with E-state index in [9.17, 15) is 31.1 Å². The fourth-order valence-corrected chi connectivity index (χ4v) is 3.66. The zero-order chi connectivity index (χ0) is 21.2. The Balaban J connectivity index is 1.69. The maximum absolute atomic E-state index is 13.3. The summed E-state index contributed by atoms with van der Waals surface area (Å²) in [5.74, 6) is -0.494. The van der Waals surface area contributed by atoms with Crippen molar-refractivity contribution < 1.29 is 31.1 Å². The van der Waals surface area contributed by atoms with Crippen LogP contribution in [0.25, 0.3) is 0 Å². The Labute approximate surface area is 163 Å². The van der Waals surface area contributed by atoms with Gasteiger partial charge in [-0.1, -0.05) is 24.6 Å². The lowest BCUT2D eigenvalue weighted by Crippen LogP contribution is -2.39. The number of rotatable bonds is 3. The first-order chi connectivity index (χ1) is 13.6. The second-order valence-electron chi connectivity index (χ2n) is 6.90. The van der Waals surface area contributed by atoms with Gasteiger partial charge in [-0.15, -0.1) is 0 Å². The molecule has 2 aromatic rings. The molecular weight excluding hydrogens is 398 g/mol. The van der Waals surface area contributed by atoms with E-state index in [1.165, 1.54) is 18.2 Å². The van der Waals surface area contributed by atoms with E-state index in [0.717, 1.165) is 30.3 Å². The van der Waals surface area contributed by atoms with Gasteiger partial charge in [0.25, 0.3) is 0 Å². The quantitative estimate of drug-likeness (QED) is 0.577. The highest BCUT2D eigenvalue weighted by atomic mass is 19.4. The number of urea groups is 1. The number of amides is 2. The summed E-state index contributed by atoms with van der Waals surface area (Å²) in [7, 11) is 0. The molecule has 2 atom stereocenters. The van der Waals surface area contributed by atoms with Crippen LogP contribution in [-0.4, -0.2) is 12.1 Å². The topological polar surface area (TPSA) is 41.1 Å². The fraction of sp³-hybridized carbons (Fsp3) is 0.350. The molecule has 1 aliphatic carbocycles. The van der Waals surface area contributed by atoms with E-state index >= 15 is 0 Å². The minimum absolute atomic E-state index is 0.136. The lowest BCUT2D eigenvalue weighted by Gasteiger charge is -2.24. The third-order valence-corrected chi connectivity index (χ3v) is 4.97. The van der Waals surface area contributed by atoms with E-state index in [2.05, 4.69) is 10.6 Å². The van der Waals surface area contributed by atoms with E-state index in [1.807, 2.05) is 0 Å². The van der Waals surface area contributed by atoms with E-state index in [1.54, 1.807) is 0 Å². The van der Waals surface area contributed by atoms with Crippen LogP contribution in [-0.2, 0) is 12.4 Å². The normalized spacial score (nSPS) is 19.8. The minimum atomic E-state index is -4.49. The average molecular weight is 416 g/mol. The van der Waals surface area contributed by atoms with Crippen molar-refractivity contribution in [2.24, 2.45) is 0 Å². The molecule has 156 valence electrons. The maximum Gasteiger partial charge on any atom is 0.416 e. The zero-order valence-electron chi connectivity index (χ0n) is 15.1. The van der Waals surface area contributed by atoms with E-state index < -0.39 is 41.5 Å². The number of hydrogen-bond donors (Lipinski definition) is 2. The average Bonchev–Trinajstić information content (AvgIpc) is 3.08. The Morgan fingerprint density at radius 1 is 0.862 bits per heavy atom. The summed E-state index contributed by atoms with van der Waals surface area (Å²) >= 11 is 0. The number of nitrogens with one attached hydrogen (secondary N) is 2. The molecule has 0 bridgehead atoms. The number of alkyl halides is 6. The van der Waals surface area contributed by atoms with Crippen molar-refractivity contribution in [3.05, 3.63) is 65.2 Å². The highest BCUT2D eigenvalue weighted by Gasteiger charge is 2.39. The summed E-state index contributed by atoms with van der Waals surface area (Å²) in [6, 6.07) is 8.03. The number of carbonyl (C=O) groups is 1. The van der Waals surface area contributed by atoms with Crippen LogP contribution in [0.3, 0.4) is 0 Å². The number of benzene rings is 2. The molecule has 0 heterocycles. The molecular formula is C20H18F6N2O. The second-order valence-corrected chi connectivity index (χ2v) is 6.90. The summed E-state index contributed by atoms with van der Waals surface area (Å²) < 4.78 is 77.7. The summed E-state index contributed by atoms with van der Waals surface area (Å²) in [6.45, 7) is 0. The van der Waals surface area contributed by atoms with Gasteiger partial charge in [0.15, 0.2) is 0 Å². The molecule has 2 amide bonds. The third kappa shape index (κ3) is 5.02. The smallest absolute Gasteiger partial charge is 0.335 e. The van der Waals surface area contributed by atoms with Gasteiger partial charge in [-0.2, -0.15) is 26.3 Å². The molecule has 3 nitrogen and oxygen atoms in total. The second kappa shape index (κ2) is 7.96. The van der Waals surface area contributed by atoms with Gasteiger partial charge >= 0.3 is 18.4 Å². The van der Waals surface area contributed by atoms with Crippen molar-refractivity contribution in [1.82, 2.24) is 5.32 Å². The Bertz CT molecular complexity index is 861. The van der Waals surface area contributed by atoms with Gasteiger partial charge in [0, 0.05) is 17.6 Å². The largest absolute Gasteiger partial charge is 0.416 e. The molecule has 0 radical (unpaired) electrons. The van der Waals surface area contributed by atoms with Crippen molar-refractivity contribution in [1.29, 1.82) is 0 Å². The third-order valence-electron chi connectivity index (χ3n) is 4.97. The van der Waals surface area contributed by atoms with Crippen LogP contribution in [0.15, 0.2) is 48.5 Å². The molecule has 29 heavy (non-hydrogen) atoms. The maximum atomic E-state index is 13.3. The van der Waals surface area contributed by atoms with Gasteiger partial charge < -0.3 is 10.6 Å². The number of hydrogen-bond acceptors (Lipinski definition) is 1. The molecule has 2 N–H and O–H groups in total.